The third kappa shape index (κ3) is 4.14. The summed E-state index contributed by atoms with van der Waals surface area (Å²) in [5.74, 6) is 0.451. The number of aryl methyl sites for hydroxylation is 1. The van der Waals surface area contributed by atoms with Gasteiger partial charge in [0.15, 0.2) is 0 Å². The van der Waals surface area contributed by atoms with Crippen LogP contribution < -0.4 is 10.2 Å². The zero-order valence-electron chi connectivity index (χ0n) is 14.7. The summed E-state index contributed by atoms with van der Waals surface area (Å²) in [4.78, 5) is 36.3. The normalized spacial score (nSPS) is 14.3. The van der Waals surface area contributed by atoms with Gasteiger partial charge in [0.2, 0.25) is 5.91 Å². The molecule has 8 heteroatoms. The number of carbonyl (C=O) groups excluding carboxylic acids is 2. The molecule has 0 saturated carbocycles. The van der Waals surface area contributed by atoms with E-state index in [2.05, 4.69) is 15.3 Å². The third-order valence-electron chi connectivity index (χ3n) is 4.21. The molecule has 0 bridgehead atoms. The van der Waals surface area contributed by atoms with Gasteiger partial charge < -0.3 is 15.1 Å². The smallest absolute Gasteiger partial charge is 0.274 e. The number of anilines is 2. The Morgan fingerprint density at radius 3 is 2.35 bits per heavy atom. The highest BCUT2D eigenvalue weighted by atomic mass is 19.1. The van der Waals surface area contributed by atoms with E-state index in [0.717, 1.165) is 0 Å². The van der Waals surface area contributed by atoms with Gasteiger partial charge in [0.05, 0.1) is 0 Å². The van der Waals surface area contributed by atoms with Gasteiger partial charge in [-0.3, -0.25) is 9.59 Å². The molecule has 3 rings (SSSR count). The van der Waals surface area contributed by atoms with Crippen LogP contribution in [0.1, 0.15) is 23.2 Å². The Labute approximate surface area is 150 Å². The molecular formula is C18H20FN5O2. The van der Waals surface area contributed by atoms with Gasteiger partial charge in [-0.05, 0) is 31.2 Å². The average Bonchev–Trinajstić information content (AvgIpc) is 2.63. The Morgan fingerprint density at radius 1 is 1.08 bits per heavy atom. The molecule has 1 aliphatic heterocycles. The summed E-state index contributed by atoms with van der Waals surface area (Å²) in [5, 5.41) is 2.70. The van der Waals surface area contributed by atoms with Crippen LogP contribution >= 0.6 is 0 Å². The summed E-state index contributed by atoms with van der Waals surface area (Å²) in [7, 11) is 0. The predicted octanol–water partition coefficient (Wildman–Crippen LogP) is 1.84. The molecular weight excluding hydrogens is 337 g/mol. The summed E-state index contributed by atoms with van der Waals surface area (Å²) in [5.41, 5.74) is 0.732. The van der Waals surface area contributed by atoms with Gasteiger partial charge in [-0.25, -0.2) is 14.4 Å². The van der Waals surface area contributed by atoms with Gasteiger partial charge in [-0.1, -0.05) is 0 Å². The van der Waals surface area contributed by atoms with Crippen LogP contribution in [0.4, 0.5) is 15.9 Å². The van der Waals surface area contributed by atoms with E-state index in [-0.39, 0.29) is 23.3 Å². The monoisotopic (exact) mass is 357 g/mol. The molecule has 136 valence electrons. The number of nitrogens with one attached hydrogen (secondary N) is 1. The SMILES string of the molecule is CC(=O)N1CCN(c2cc(C(=O)Nc3ccc(F)cc3)nc(C)n2)CC1. The lowest BCUT2D eigenvalue weighted by atomic mass is 10.2. The summed E-state index contributed by atoms with van der Waals surface area (Å²) in [6, 6.07) is 7.17. The van der Waals surface area contributed by atoms with Gasteiger partial charge in [-0.2, -0.15) is 0 Å². The van der Waals surface area contributed by atoms with E-state index in [9.17, 15) is 14.0 Å². The van der Waals surface area contributed by atoms with E-state index >= 15 is 0 Å². The van der Waals surface area contributed by atoms with Crippen molar-refractivity contribution in [1.82, 2.24) is 14.9 Å². The van der Waals surface area contributed by atoms with Gasteiger partial charge in [-0.15, -0.1) is 0 Å². The molecule has 1 aliphatic rings. The number of carbonyl (C=O) groups is 2. The first-order valence-corrected chi connectivity index (χ1v) is 8.35. The second-order valence-corrected chi connectivity index (χ2v) is 6.11. The van der Waals surface area contributed by atoms with E-state index in [1.165, 1.54) is 24.3 Å². The Morgan fingerprint density at radius 2 is 1.73 bits per heavy atom. The molecule has 2 amide bonds. The molecule has 1 aromatic carbocycles. The fourth-order valence-corrected chi connectivity index (χ4v) is 2.81. The lowest BCUT2D eigenvalue weighted by molar-refractivity contribution is -0.129. The predicted molar refractivity (Wildman–Crippen MR) is 95.6 cm³/mol. The first-order chi connectivity index (χ1) is 12.4. The number of amides is 2. The van der Waals surface area contributed by atoms with E-state index in [1.807, 2.05) is 4.90 Å². The van der Waals surface area contributed by atoms with Crippen LogP contribution in [0.15, 0.2) is 30.3 Å². The molecule has 2 aromatic rings. The van der Waals surface area contributed by atoms with Crippen LogP contribution in [0.5, 0.6) is 0 Å². The Bertz CT molecular complexity index is 817. The molecule has 0 aliphatic carbocycles. The molecule has 1 N–H and O–H groups in total. The molecule has 0 radical (unpaired) electrons. The molecule has 1 fully saturated rings. The van der Waals surface area contributed by atoms with E-state index in [0.29, 0.717) is 43.5 Å². The van der Waals surface area contributed by atoms with Crippen molar-refractivity contribution < 1.29 is 14.0 Å². The van der Waals surface area contributed by atoms with Crippen molar-refractivity contribution in [2.45, 2.75) is 13.8 Å². The third-order valence-corrected chi connectivity index (χ3v) is 4.21. The zero-order valence-corrected chi connectivity index (χ0v) is 14.7. The Hall–Kier alpha value is -3.03. The first kappa shape index (κ1) is 17.8. The number of hydrogen-bond acceptors (Lipinski definition) is 5. The summed E-state index contributed by atoms with van der Waals surface area (Å²) in [6.45, 7) is 5.82. The maximum atomic E-state index is 13.0. The van der Waals surface area contributed by atoms with Crippen molar-refractivity contribution in [3.63, 3.8) is 0 Å². The van der Waals surface area contributed by atoms with Crippen LogP contribution in [-0.2, 0) is 4.79 Å². The number of benzene rings is 1. The van der Waals surface area contributed by atoms with E-state index < -0.39 is 0 Å². The summed E-state index contributed by atoms with van der Waals surface area (Å²) < 4.78 is 13.0. The number of rotatable bonds is 3. The zero-order chi connectivity index (χ0) is 18.7. The van der Waals surface area contributed by atoms with Crippen LogP contribution in [0.2, 0.25) is 0 Å². The Kier molecular flexibility index (Phi) is 5.11. The highest BCUT2D eigenvalue weighted by Gasteiger charge is 2.21. The largest absolute Gasteiger partial charge is 0.353 e. The lowest BCUT2D eigenvalue weighted by Crippen LogP contribution is -2.48. The molecule has 1 saturated heterocycles. The standard InChI is InChI=1S/C18H20FN5O2/c1-12-20-16(18(26)22-15-5-3-14(19)4-6-15)11-17(21-12)24-9-7-23(8-10-24)13(2)25/h3-6,11H,7-10H2,1-2H3,(H,22,26). The van der Waals surface area contributed by atoms with Gasteiger partial charge >= 0.3 is 0 Å². The topological polar surface area (TPSA) is 78.4 Å². The van der Waals surface area contributed by atoms with Crippen LogP contribution in [0.25, 0.3) is 0 Å². The lowest BCUT2D eigenvalue weighted by Gasteiger charge is -2.35. The fraction of sp³-hybridized carbons (Fsp3) is 0.333. The maximum absolute atomic E-state index is 13.0. The minimum atomic E-state index is -0.384. The summed E-state index contributed by atoms with van der Waals surface area (Å²) in [6.07, 6.45) is 0. The number of halogens is 1. The van der Waals surface area contributed by atoms with Crippen LogP contribution in [-0.4, -0.2) is 52.9 Å². The van der Waals surface area contributed by atoms with Gasteiger partial charge in [0.25, 0.3) is 5.91 Å². The average molecular weight is 357 g/mol. The Balaban J connectivity index is 1.74. The van der Waals surface area contributed by atoms with Gasteiger partial charge in [0.1, 0.15) is 23.2 Å². The number of hydrogen-bond donors (Lipinski definition) is 1. The van der Waals surface area contributed by atoms with Crippen molar-refractivity contribution in [2.75, 3.05) is 36.4 Å². The molecule has 0 atom stereocenters. The highest BCUT2D eigenvalue weighted by molar-refractivity contribution is 6.03. The summed E-state index contributed by atoms with van der Waals surface area (Å²) >= 11 is 0. The fourth-order valence-electron chi connectivity index (χ4n) is 2.81. The van der Waals surface area contributed by atoms with Crippen LogP contribution in [0.3, 0.4) is 0 Å². The molecule has 7 nitrogen and oxygen atoms in total. The molecule has 26 heavy (non-hydrogen) atoms. The number of aromatic nitrogens is 2. The molecule has 1 aromatic heterocycles. The second kappa shape index (κ2) is 7.47. The maximum Gasteiger partial charge on any atom is 0.274 e. The first-order valence-electron chi connectivity index (χ1n) is 8.35. The number of piperazine rings is 1. The molecule has 2 heterocycles. The van der Waals surface area contributed by atoms with Crippen LogP contribution in [0, 0.1) is 12.7 Å². The molecule has 0 unspecified atom stereocenters. The minimum absolute atomic E-state index is 0.0582. The van der Waals surface area contributed by atoms with E-state index in [1.54, 1.807) is 24.8 Å². The van der Waals surface area contributed by atoms with Crippen molar-refractivity contribution in [2.24, 2.45) is 0 Å². The second-order valence-electron chi connectivity index (χ2n) is 6.11. The van der Waals surface area contributed by atoms with Crippen molar-refractivity contribution in [1.29, 1.82) is 0 Å². The molecule has 0 spiro atoms. The van der Waals surface area contributed by atoms with E-state index in [4.69, 9.17) is 0 Å². The van der Waals surface area contributed by atoms with Crippen molar-refractivity contribution in [3.05, 3.63) is 47.7 Å². The minimum Gasteiger partial charge on any atom is -0.353 e. The highest BCUT2D eigenvalue weighted by Crippen LogP contribution is 2.17. The number of nitrogens with zero attached hydrogens (tertiary/aromatic N) is 4. The van der Waals surface area contributed by atoms with Gasteiger partial charge in [0, 0.05) is 44.9 Å². The van der Waals surface area contributed by atoms with Crippen molar-refractivity contribution >= 4 is 23.3 Å². The quantitative estimate of drug-likeness (QED) is 0.907. The van der Waals surface area contributed by atoms with Crippen molar-refractivity contribution in [3.8, 4) is 0 Å².